The first-order valence-corrected chi connectivity index (χ1v) is 11.1. The van der Waals surface area contributed by atoms with E-state index in [4.69, 9.17) is 14.2 Å². The standard InChI is InChI=1S/C27H33N3O3/c1-28-27(29-16-15-21-13-14-25(31-2)26(17-21)32-3)30-18-23-11-7-8-12-24(23)20-33-19-22-9-5-4-6-10-22/h4-14,17H,15-16,18-20H2,1-3H3,(H2,28,29,30). The molecule has 0 aliphatic carbocycles. The van der Waals surface area contributed by atoms with Crippen LogP contribution in [0.3, 0.4) is 0 Å². The number of aliphatic imine (C=N–C) groups is 1. The number of nitrogens with zero attached hydrogens (tertiary/aromatic N) is 1. The number of rotatable bonds is 11. The first-order chi connectivity index (χ1) is 16.2. The van der Waals surface area contributed by atoms with Gasteiger partial charge in [-0.25, -0.2) is 0 Å². The van der Waals surface area contributed by atoms with Gasteiger partial charge in [0, 0.05) is 20.1 Å². The van der Waals surface area contributed by atoms with Crippen molar-refractivity contribution >= 4 is 5.96 Å². The first kappa shape index (κ1) is 24.1. The summed E-state index contributed by atoms with van der Waals surface area (Å²) in [6, 6.07) is 24.5. The maximum absolute atomic E-state index is 5.94. The highest BCUT2D eigenvalue weighted by molar-refractivity contribution is 5.79. The van der Waals surface area contributed by atoms with Crippen LogP contribution in [0.1, 0.15) is 22.3 Å². The Hall–Kier alpha value is -3.51. The molecule has 0 unspecified atom stereocenters. The SMILES string of the molecule is CN=C(NCCc1ccc(OC)c(OC)c1)NCc1ccccc1COCc1ccccc1. The van der Waals surface area contributed by atoms with Crippen molar-refractivity contribution in [2.24, 2.45) is 4.99 Å². The zero-order chi connectivity index (χ0) is 23.3. The van der Waals surface area contributed by atoms with E-state index in [0.717, 1.165) is 36.0 Å². The molecule has 6 heteroatoms. The molecule has 6 nitrogen and oxygen atoms in total. The number of hydrogen-bond acceptors (Lipinski definition) is 4. The Morgan fingerprint density at radius 2 is 1.48 bits per heavy atom. The van der Waals surface area contributed by atoms with Crippen LogP contribution < -0.4 is 20.1 Å². The normalized spacial score (nSPS) is 11.2. The fourth-order valence-electron chi connectivity index (χ4n) is 3.48. The van der Waals surface area contributed by atoms with Crippen LogP contribution in [0.4, 0.5) is 0 Å². The zero-order valence-corrected chi connectivity index (χ0v) is 19.6. The summed E-state index contributed by atoms with van der Waals surface area (Å²) in [4.78, 5) is 4.35. The molecule has 0 saturated heterocycles. The van der Waals surface area contributed by atoms with Crippen LogP contribution in [0.15, 0.2) is 77.8 Å². The lowest BCUT2D eigenvalue weighted by atomic mass is 10.1. The van der Waals surface area contributed by atoms with Gasteiger partial charge in [0.15, 0.2) is 17.5 Å². The quantitative estimate of drug-likeness (QED) is 0.338. The van der Waals surface area contributed by atoms with Crippen LogP contribution in [0.5, 0.6) is 11.5 Å². The van der Waals surface area contributed by atoms with E-state index >= 15 is 0 Å². The average Bonchev–Trinajstić information content (AvgIpc) is 2.87. The summed E-state index contributed by atoms with van der Waals surface area (Å²) in [7, 11) is 5.07. The van der Waals surface area contributed by atoms with Crippen molar-refractivity contribution < 1.29 is 14.2 Å². The molecule has 0 heterocycles. The van der Waals surface area contributed by atoms with Crippen LogP contribution >= 0.6 is 0 Å². The molecule has 0 aromatic heterocycles. The predicted octanol–water partition coefficient (Wildman–Crippen LogP) is 4.33. The number of hydrogen-bond donors (Lipinski definition) is 2. The maximum Gasteiger partial charge on any atom is 0.191 e. The summed E-state index contributed by atoms with van der Waals surface area (Å²) in [5.41, 5.74) is 4.69. The number of benzene rings is 3. The molecule has 33 heavy (non-hydrogen) atoms. The summed E-state index contributed by atoms with van der Waals surface area (Å²) < 4.78 is 16.6. The molecule has 3 aromatic rings. The van der Waals surface area contributed by atoms with Gasteiger partial charge in [0.2, 0.25) is 0 Å². The third kappa shape index (κ3) is 7.54. The lowest BCUT2D eigenvalue weighted by Gasteiger charge is -2.15. The van der Waals surface area contributed by atoms with Gasteiger partial charge in [-0.2, -0.15) is 0 Å². The second-order valence-electron chi connectivity index (χ2n) is 7.54. The summed E-state index contributed by atoms with van der Waals surface area (Å²) >= 11 is 0. The predicted molar refractivity (Wildman–Crippen MR) is 133 cm³/mol. The van der Waals surface area contributed by atoms with Crippen molar-refractivity contribution in [3.63, 3.8) is 0 Å². The molecular weight excluding hydrogens is 414 g/mol. The van der Waals surface area contributed by atoms with Gasteiger partial charge in [0.1, 0.15) is 0 Å². The van der Waals surface area contributed by atoms with Gasteiger partial charge in [0.05, 0.1) is 27.4 Å². The molecule has 0 bridgehead atoms. The number of nitrogens with one attached hydrogen (secondary N) is 2. The van der Waals surface area contributed by atoms with E-state index in [1.807, 2.05) is 48.5 Å². The van der Waals surface area contributed by atoms with Gasteiger partial charge >= 0.3 is 0 Å². The highest BCUT2D eigenvalue weighted by atomic mass is 16.5. The topological polar surface area (TPSA) is 64.1 Å². The smallest absolute Gasteiger partial charge is 0.191 e. The largest absolute Gasteiger partial charge is 0.493 e. The lowest BCUT2D eigenvalue weighted by molar-refractivity contribution is 0.106. The summed E-state index contributed by atoms with van der Waals surface area (Å²) in [5, 5.41) is 6.77. The Bertz CT molecular complexity index is 1020. The van der Waals surface area contributed by atoms with Gasteiger partial charge in [-0.1, -0.05) is 60.7 Å². The third-order valence-electron chi connectivity index (χ3n) is 5.31. The summed E-state index contributed by atoms with van der Waals surface area (Å²) in [6.07, 6.45) is 0.838. The van der Waals surface area contributed by atoms with Crippen LogP contribution in [0, 0.1) is 0 Å². The van der Waals surface area contributed by atoms with E-state index in [2.05, 4.69) is 39.9 Å². The number of guanidine groups is 1. The molecule has 0 spiro atoms. The second kappa shape index (κ2) is 13.1. The Balaban J connectivity index is 1.47. The van der Waals surface area contributed by atoms with Crippen molar-refractivity contribution in [1.82, 2.24) is 10.6 Å². The van der Waals surface area contributed by atoms with Crippen molar-refractivity contribution in [3.05, 3.63) is 95.1 Å². The maximum atomic E-state index is 5.94. The molecule has 2 N–H and O–H groups in total. The van der Waals surface area contributed by atoms with Crippen LogP contribution in [0.2, 0.25) is 0 Å². The second-order valence-corrected chi connectivity index (χ2v) is 7.54. The minimum Gasteiger partial charge on any atom is -0.493 e. The zero-order valence-electron chi connectivity index (χ0n) is 19.6. The van der Waals surface area contributed by atoms with Gasteiger partial charge in [-0.15, -0.1) is 0 Å². The van der Waals surface area contributed by atoms with Crippen LogP contribution in [-0.4, -0.2) is 33.8 Å². The van der Waals surface area contributed by atoms with Gasteiger partial charge in [0.25, 0.3) is 0 Å². The van der Waals surface area contributed by atoms with Crippen molar-refractivity contribution in [1.29, 1.82) is 0 Å². The molecule has 0 fully saturated rings. The monoisotopic (exact) mass is 447 g/mol. The molecule has 0 atom stereocenters. The molecule has 0 radical (unpaired) electrons. The van der Waals surface area contributed by atoms with Gasteiger partial charge in [-0.05, 0) is 40.8 Å². The van der Waals surface area contributed by atoms with Gasteiger partial charge < -0.3 is 24.8 Å². The number of methoxy groups -OCH3 is 2. The minimum absolute atomic E-state index is 0.568. The molecule has 174 valence electrons. The average molecular weight is 448 g/mol. The van der Waals surface area contributed by atoms with Crippen LogP contribution in [-0.2, 0) is 30.9 Å². The van der Waals surface area contributed by atoms with E-state index in [1.54, 1.807) is 21.3 Å². The van der Waals surface area contributed by atoms with E-state index in [9.17, 15) is 0 Å². The molecule has 0 amide bonds. The van der Waals surface area contributed by atoms with Crippen LogP contribution in [0.25, 0.3) is 0 Å². The fraction of sp³-hybridized carbons (Fsp3) is 0.296. The van der Waals surface area contributed by atoms with E-state index < -0.39 is 0 Å². The fourth-order valence-corrected chi connectivity index (χ4v) is 3.48. The Morgan fingerprint density at radius 1 is 0.758 bits per heavy atom. The van der Waals surface area contributed by atoms with Crippen molar-refractivity contribution in [2.45, 2.75) is 26.2 Å². The molecule has 3 rings (SSSR count). The molecule has 0 aliphatic heterocycles. The Morgan fingerprint density at radius 3 is 2.21 bits per heavy atom. The Kier molecular flexibility index (Phi) is 9.61. The Labute approximate surface area is 196 Å². The van der Waals surface area contributed by atoms with E-state index in [0.29, 0.717) is 19.8 Å². The van der Waals surface area contributed by atoms with Crippen molar-refractivity contribution in [3.8, 4) is 11.5 Å². The van der Waals surface area contributed by atoms with E-state index in [-0.39, 0.29) is 0 Å². The molecular formula is C27H33N3O3. The highest BCUT2D eigenvalue weighted by Crippen LogP contribution is 2.27. The summed E-state index contributed by atoms with van der Waals surface area (Å²) in [6.45, 7) is 2.58. The van der Waals surface area contributed by atoms with Crippen molar-refractivity contribution in [2.75, 3.05) is 27.8 Å². The molecule has 0 aliphatic rings. The minimum atomic E-state index is 0.568. The number of ether oxygens (including phenoxy) is 3. The van der Waals surface area contributed by atoms with Gasteiger partial charge in [-0.3, -0.25) is 4.99 Å². The third-order valence-corrected chi connectivity index (χ3v) is 5.31. The van der Waals surface area contributed by atoms with E-state index in [1.165, 1.54) is 16.7 Å². The molecule has 0 saturated carbocycles. The molecule has 3 aromatic carbocycles. The highest BCUT2D eigenvalue weighted by Gasteiger charge is 2.06. The lowest BCUT2D eigenvalue weighted by Crippen LogP contribution is -2.38. The first-order valence-electron chi connectivity index (χ1n) is 11.1. The summed E-state index contributed by atoms with van der Waals surface area (Å²) in [5.74, 6) is 2.23.